The predicted molar refractivity (Wildman–Crippen MR) is 89.0 cm³/mol. The molecule has 3 aromatic rings. The standard InChI is InChI=1S/C18H15F3N4O/c19-18(20,21)26-14-7-5-13(6-8-14)25-10-23-17(24-25)16-9-15(16)11-1-3-12(22)4-2-11/h1-8,10,15-16H,9,22H2. The molecule has 0 saturated heterocycles. The van der Waals surface area contributed by atoms with E-state index >= 15 is 0 Å². The number of nitrogen functional groups attached to an aromatic ring is 1. The van der Waals surface area contributed by atoms with E-state index in [2.05, 4.69) is 14.8 Å². The topological polar surface area (TPSA) is 66.0 Å². The van der Waals surface area contributed by atoms with Crippen molar-refractivity contribution in [1.29, 1.82) is 0 Å². The smallest absolute Gasteiger partial charge is 0.406 e. The van der Waals surface area contributed by atoms with Crippen molar-refractivity contribution in [3.63, 3.8) is 0 Å². The molecule has 0 spiro atoms. The Morgan fingerprint density at radius 3 is 2.35 bits per heavy atom. The Morgan fingerprint density at radius 1 is 1.00 bits per heavy atom. The zero-order valence-electron chi connectivity index (χ0n) is 13.5. The molecule has 2 N–H and O–H groups in total. The molecular weight excluding hydrogens is 345 g/mol. The molecule has 0 radical (unpaired) electrons. The molecule has 1 aliphatic carbocycles. The quantitative estimate of drug-likeness (QED) is 0.714. The van der Waals surface area contributed by atoms with Crippen molar-refractivity contribution in [1.82, 2.24) is 14.8 Å². The van der Waals surface area contributed by atoms with Crippen molar-refractivity contribution < 1.29 is 17.9 Å². The Labute approximate surface area is 147 Å². The fourth-order valence-electron chi connectivity index (χ4n) is 2.96. The number of rotatable bonds is 4. The molecule has 0 amide bonds. The van der Waals surface area contributed by atoms with Crippen LogP contribution < -0.4 is 10.5 Å². The highest BCUT2D eigenvalue weighted by Crippen LogP contribution is 2.53. The average molecular weight is 360 g/mol. The van der Waals surface area contributed by atoms with Crippen molar-refractivity contribution >= 4 is 5.69 Å². The van der Waals surface area contributed by atoms with Crippen LogP contribution >= 0.6 is 0 Å². The maximum Gasteiger partial charge on any atom is 0.573 e. The lowest BCUT2D eigenvalue weighted by Crippen LogP contribution is -2.17. The van der Waals surface area contributed by atoms with Crippen LogP contribution in [-0.2, 0) is 0 Å². The van der Waals surface area contributed by atoms with Gasteiger partial charge in [0.1, 0.15) is 12.1 Å². The molecule has 134 valence electrons. The number of nitrogens with two attached hydrogens (primary N) is 1. The number of benzene rings is 2. The van der Waals surface area contributed by atoms with Crippen LogP contribution in [0.15, 0.2) is 54.9 Å². The van der Waals surface area contributed by atoms with Gasteiger partial charge >= 0.3 is 6.36 Å². The number of nitrogens with zero attached hydrogens (tertiary/aromatic N) is 3. The van der Waals surface area contributed by atoms with Crippen molar-refractivity contribution in [2.45, 2.75) is 24.6 Å². The maximum atomic E-state index is 12.2. The van der Waals surface area contributed by atoms with E-state index in [1.807, 2.05) is 24.3 Å². The Morgan fingerprint density at radius 2 is 1.69 bits per heavy atom. The van der Waals surface area contributed by atoms with Crippen LogP contribution in [0.25, 0.3) is 5.69 Å². The Balaban J connectivity index is 1.46. The average Bonchev–Trinajstić information content (AvgIpc) is 3.23. The summed E-state index contributed by atoms with van der Waals surface area (Å²) in [6, 6.07) is 13.3. The highest BCUT2D eigenvalue weighted by atomic mass is 19.4. The number of anilines is 1. The first-order chi connectivity index (χ1) is 12.4. The van der Waals surface area contributed by atoms with Gasteiger partial charge < -0.3 is 10.5 Å². The van der Waals surface area contributed by atoms with Gasteiger partial charge in [0.05, 0.1) is 5.69 Å². The molecule has 0 aliphatic heterocycles. The molecule has 1 saturated carbocycles. The lowest BCUT2D eigenvalue weighted by atomic mass is 10.1. The van der Waals surface area contributed by atoms with Gasteiger partial charge in [0.15, 0.2) is 5.82 Å². The van der Waals surface area contributed by atoms with E-state index in [1.54, 1.807) is 11.0 Å². The first-order valence-corrected chi connectivity index (χ1v) is 8.02. The number of hydrogen-bond donors (Lipinski definition) is 1. The van der Waals surface area contributed by atoms with Crippen molar-refractivity contribution in [3.8, 4) is 11.4 Å². The molecular formula is C18H15F3N4O. The molecule has 2 unspecified atom stereocenters. The number of hydrogen-bond acceptors (Lipinski definition) is 4. The number of halogens is 3. The van der Waals surface area contributed by atoms with Crippen LogP contribution in [-0.4, -0.2) is 21.1 Å². The third kappa shape index (κ3) is 3.49. The fraction of sp³-hybridized carbons (Fsp3) is 0.222. The van der Waals surface area contributed by atoms with Crippen LogP contribution in [0.2, 0.25) is 0 Å². The summed E-state index contributed by atoms with van der Waals surface area (Å²) < 4.78 is 42.0. The normalized spacial score (nSPS) is 19.3. The summed E-state index contributed by atoms with van der Waals surface area (Å²) in [7, 11) is 0. The first kappa shape index (κ1) is 16.4. The van der Waals surface area contributed by atoms with Crippen LogP contribution in [0.4, 0.5) is 18.9 Å². The monoisotopic (exact) mass is 360 g/mol. The molecule has 1 fully saturated rings. The fourth-order valence-corrected chi connectivity index (χ4v) is 2.96. The van der Waals surface area contributed by atoms with Gasteiger partial charge in [-0.15, -0.1) is 13.2 Å². The van der Waals surface area contributed by atoms with E-state index in [4.69, 9.17) is 5.73 Å². The van der Waals surface area contributed by atoms with Gasteiger partial charge in [-0.3, -0.25) is 0 Å². The van der Waals surface area contributed by atoms with E-state index in [1.165, 1.54) is 29.8 Å². The zero-order valence-corrected chi connectivity index (χ0v) is 13.5. The first-order valence-electron chi connectivity index (χ1n) is 8.02. The molecule has 26 heavy (non-hydrogen) atoms. The van der Waals surface area contributed by atoms with Crippen molar-refractivity contribution in [2.24, 2.45) is 0 Å². The molecule has 4 rings (SSSR count). The Bertz CT molecular complexity index is 903. The highest BCUT2D eigenvalue weighted by Gasteiger charge is 2.42. The molecule has 0 bridgehead atoms. The molecule has 1 heterocycles. The third-order valence-electron chi connectivity index (χ3n) is 4.33. The second-order valence-corrected chi connectivity index (χ2v) is 6.20. The summed E-state index contributed by atoms with van der Waals surface area (Å²) in [6.07, 6.45) is -2.18. The second-order valence-electron chi connectivity index (χ2n) is 6.20. The summed E-state index contributed by atoms with van der Waals surface area (Å²) in [6.45, 7) is 0. The lowest BCUT2D eigenvalue weighted by molar-refractivity contribution is -0.274. The molecule has 1 aliphatic rings. The lowest BCUT2D eigenvalue weighted by Gasteiger charge is -2.09. The second kappa shape index (κ2) is 6.05. The highest BCUT2D eigenvalue weighted by molar-refractivity contribution is 5.43. The maximum absolute atomic E-state index is 12.2. The SMILES string of the molecule is Nc1ccc(C2CC2c2ncn(-c3ccc(OC(F)(F)F)cc3)n2)cc1. The van der Waals surface area contributed by atoms with Gasteiger partial charge in [0.25, 0.3) is 0 Å². The number of aromatic nitrogens is 3. The molecule has 2 aromatic carbocycles. The largest absolute Gasteiger partial charge is 0.573 e. The minimum Gasteiger partial charge on any atom is -0.406 e. The summed E-state index contributed by atoms with van der Waals surface area (Å²) >= 11 is 0. The molecule has 5 nitrogen and oxygen atoms in total. The van der Waals surface area contributed by atoms with Crippen LogP contribution in [0.1, 0.15) is 29.6 Å². The van der Waals surface area contributed by atoms with E-state index < -0.39 is 6.36 Å². The van der Waals surface area contributed by atoms with Crippen molar-refractivity contribution in [2.75, 3.05) is 5.73 Å². The van der Waals surface area contributed by atoms with Gasteiger partial charge in [-0.25, -0.2) is 9.67 Å². The van der Waals surface area contributed by atoms with Crippen LogP contribution in [0, 0.1) is 0 Å². The number of ether oxygens (including phenoxy) is 1. The van der Waals surface area contributed by atoms with Crippen molar-refractivity contribution in [3.05, 3.63) is 66.2 Å². The molecule has 2 atom stereocenters. The minimum atomic E-state index is -4.70. The van der Waals surface area contributed by atoms with Gasteiger partial charge in [-0.2, -0.15) is 5.10 Å². The van der Waals surface area contributed by atoms with Crippen LogP contribution in [0.5, 0.6) is 5.75 Å². The minimum absolute atomic E-state index is 0.243. The van der Waals surface area contributed by atoms with Gasteiger partial charge in [-0.1, -0.05) is 12.1 Å². The van der Waals surface area contributed by atoms with Gasteiger partial charge in [0, 0.05) is 11.6 Å². The van der Waals surface area contributed by atoms with Crippen LogP contribution in [0.3, 0.4) is 0 Å². The molecule has 1 aromatic heterocycles. The predicted octanol–water partition coefficient (Wildman–Crippen LogP) is 4.02. The Kier molecular flexibility index (Phi) is 3.82. The van der Waals surface area contributed by atoms with Gasteiger partial charge in [0.2, 0.25) is 0 Å². The summed E-state index contributed by atoms with van der Waals surface area (Å²) in [5.41, 5.74) is 8.25. The van der Waals surface area contributed by atoms with E-state index in [0.29, 0.717) is 11.6 Å². The number of alkyl halides is 3. The summed E-state index contributed by atoms with van der Waals surface area (Å²) in [4.78, 5) is 4.35. The Hall–Kier alpha value is -3.03. The zero-order chi connectivity index (χ0) is 18.3. The molecule has 8 heteroatoms. The van der Waals surface area contributed by atoms with E-state index in [9.17, 15) is 13.2 Å². The summed E-state index contributed by atoms with van der Waals surface area (Å²) in [5.74, 6) is 1.07. The van der Waals surface area contributed by atoms with Gasteiger partial charge in [-0.05, 0) is 54.3 Å². The van der Waals surface area contributed by atoms with E-state index in [0.717, 1.165) is 17.9 Å². The third-order valence-corrected chi connectivity index (χ3v) is 4.33. The van der Waals surface area contributed by atoms with E-state index in [-0.39, 0.29) is 11.7 Å². The summed E-state index contributed by atoms with van der Waals surface area (Å²) in [5, 5.41) is 4.46.